The number of hydrogen-bond acceptors (Lipinski definition) is 1. The van der Waals surface area contributed by atoms with Gasteiger partial charge in [-0.3, -0.25) is 0 Å². The molecule has 1 nitrogen and oxygen atoms in total. The van der Waals surface area contributed by atoms with Crippen molar-refractivity contribution in [3.05, 3.63) is 253 Å². The molecule has 10 aromatic carbocycles. The Morgan fingerprint density at radius 1 is 0.250 bits per heavy atom. The quantitative estimate of drug-likeness (QED) is 0.140. The highest BCUT2D eigenvalue weighted by atomic mass is 16.3. The minimum absolute atomic E-state index is 0.0492. The SMILES string of the molecule is c1ccc(-c2cccc(-c3ccc(C(c4ccc(-c5cccc(-c6ccc7oc8ccccc8c7c6)c5)cc4)c4ccc(-c5cccc6ccccc56)cc4)cc3)c2)cc1. The van der Waals surface area contributed by atoms with Crippen LogP contribution in [0, 0.1) is 0 Å². The van der Waals surface area contributed by atoms with Crippen molar-refractivity contribution >= 4 is 32.7 Å². The summed E-state index contributed by atoms with van der Waals surface area (Å²) >= 11 is 0. The first-order chi connectivity index (χ1) is 29.7. The fourth-order valence-electron chi connectivity index (χ4n) is 8.94. The van der Waals surface area contributed by atoms with Crippen LogP contribution in [0.15, 0.2) is 241 Å². The number of furan rings is 1. The second kappa shape index (κ2) is 15.2. The van der Waals surface area contributed by atoms with E-state index in [-0.39, 0.29) is 5.92 Å². The van der Waals surface area contributed by atoms with Crippen LogP contribution in [0.2, 0.25) is 0 Å². The van der Waals surface area contributed by atoms with Crippen molar-refractivity contribution in [3.8, 4) is 55.6 Å². The summed E-state index contributed by atoms with van der Waals surface area (Å²) in [5, 5.41) is 4.81. The van der Waals surface area contributed by atoms with Gasteiger partial charge in [-0.15, -0.1) is 0 Å². The molecule has 0 amide bonds. The lowest BCUT2D eigenvalue weighted by molar-refractivity contribution is 0.669. The van der Waals surface area contributed by atoms with Gasteiger partial charge in [0, 0.05) is 16.7 Å². The molecule has 0 fully saturated rings. The summed E-state index contributed by atoms with van der Waals surface area (Å²) in [4.78, 5) is 0. The molecule has 0 bridgehead atoms. The third-order valence-corrected chi connectivity index (χ3v) is 12.0. The lowest BCUT2D eigenvalue weighted by atomic mass is 9.83. The van der Waals surface area contributed by atoms with Crippen LogP contribution in [-0.2, 0) is 0 Å². The third-order valence-electron chi connectivity index (χ3n) is 12.0. The van der Waals surface area contributed by atoms with Crippen LogP contribution in [0.4, 0.5) is 0 Å². The smallest absolute Gasteiger partial charge is 0.135 e. The maximum absolute atomic E-state index is 6.12. The van der Waals surface area contributed by atoms with E-state index in [2.05, 4.69) is 224 Å². The normalized spacial score (nSPS) is 11.9. The molecule has 1 unspecified atom stereocenters. The summed E-state index contributed by atoms with van der Waals surface area (Å²) in [6.45, 7) is 0. The first kappa shape index (κ1) is 35.4. The lowest BCUT2D eigenvalue weighted by Gasteiger charge is -2.21. The van der Waals surface area contributed by atoms with E-state index in [1.54, 1.807) is 0 Å². The first-order valence-corrected chi connectivity index (χ1v) is 20.7. The average Bonchev–Trinajstić information content (AvgIpc) is 3.71. The van der Waals surface area contributed by atoms with E-state index >= 15 is 0 Å². The molecular formula is C59H40O. The van der Waals surface area contributed by atoms with Crippen LogP contribution < -0.4 is 0 Å². The second-order valence-electron chi connectivity index (χ2n) is 15.7. The molecule has 0 N–H and O–H groups in total. The number of para-hydroxylation sites is 1. The highest BCUT2D eigenvalue weighted by Crippen LogP contribution is 2.38. The summed E-state index contributed by atoms with van der Waals surface area (Å²) in [6.07, 6.45) is 0. The Labute approximate surface area is 350 Å². The topological polar surface area (TPSA) is 13.1 Å². The van der Waals surface area contributed by atoms with Crippen molar-refractivity contribution in [2.75, 3.05) is 0 Å². The van der Waals surface area contributed by atoms with Crippen molar-refractivity contribution in [2.45, 2.75) is 5.92 Å². The summed E-state index contributed by atoms with van der Waals surface area (Å²) in [7, 11) is 0. The van der Waals surface area contributed by atoms with Crippen LogP contribution in [0.25, 0.3) is 88.3 Å². The molecule has 282 valence electrons. The predicted molar refractivity (Wildman–Crippen MR) is 252 cm³/mol. The minimum Gasteiger partial charge on any atom is -0.456 e. The van der Waals surface area contributed by atoms with Crippen molar-refractivity contribution in [1.29, 1.82) is 0 Å². The van der Waals surface area contributed by atoms with Crippen LogP contribution in [0.5, 0.6) is 0 Å². The third kappa shape index (κ3) is 6.67. The van der Waals surface area contributed by atoms with Crippen molar-refractivity contribution in [2.24, 2.45) is 0 Å². The molecule has 0 aliphatic rings. The Balaban J connectivity index is 0.943. The van der Waals surface area contributed by atoms with E-state index in [9.17, 15) is 0 Å². The van der Waals surface area contributed by atoms with Gasteiger partial charge in [-0.2, -0.15) is 0 Å². The maximum Gasteiger partial charge on any atom is 0.135 e. The van der Waals surface area contributed by atoms with Crippen molar-refractivity contribution in [1.82, 2.24) is 0 Å². The van der Waals surface area contributed by atoms with Crippen LogP contribution in [-0.4, -0.2) is 0 Å². The number of rotatable bonds is 8. The fourth-order valence-corrected chi connectivity index (χ4v) is 8.94. The zero-order chi connectivity index (χ0) is 39.8. The van der Waals surface area contributed by atoms with Gasteiger partial charge < -0.3 is 4.42 Å². The highest BCUT2D eigenvalue weighted by molar-refractivity contribution is 6.06. The lowest BCUT2D eigenvalue weighted by Crippen LogP contribution is -2.03. The molecule has 1 atom stereocenters. The van der Waals surface area contributed by atoms with Crippen molar-refractivity contribution < 1.29 is 4.42 Å². The van der Waals surface area contributed by atoms with Gasteiger partial charge in [0.2, 0.25) is 0 Å². The molecule has 11 rings (SSSR count). The number of benzene rings is 10. The van der Waals surface area contributed by atoms with E-state index in [0.29, 0.717) is 0 Å². The van der Waals surface area contributed by atoms with Crippen LogP contribution >= 0.6 is 0 Å². The predicted octanol–water partition coefficient (Wildman–Crippen LogP) is 16.3. The number of hydrogen-bond donors (Lipinski definition) is 0. The first-order valence-electron chi connectivity index (χ1n) is 20.7. The Morgan fingerprint density at radius 2 is 0.667 bits per heavy atom. The Kier molecular flexibility index (Phi) is 8.98. The van der Waals surface area contributed by atoms with Gasteiger partial charge in [0.15, 0.2) is 0 Å². The summed E-state index contributed by atoms with van der Waals surface area (Å²) in [6, 6.07) is 85.8. The van der Waals surface area contributed by atoms with E-state index in [4.69, 9.17) is 4.42 Å². The Bertz CT molecular complexity index is 3280. The van der Waals surface area contributed by atoms with Gasteiger partial charge in [0.05, 0.1) is 0 Å². The van der Waals surface area contributed by atoms with E-state index in [1.165, 1.54) is 83.1 Å². The molecule has 0 aliphatic heterocycles. The van der Waals surface area contributed by atoms with E-state index in [0.717, 1.165) is 21.9 Å². The van der Waals surface area contributed by atoms with Gasteiger partial charge in [0.1, 0.15) is 11.2 Å². The monoisotopic (exact) mass is 764 g/mol. The molecule has 0 radical (unpaired) electrons. The van der Waals surface area contributed by atoms with Gasteiger partial charge in [-0.05, 0) is 113 Å². The van der Waals surface area contributed by atoms with Crippen LogP contribution in [0.3, 0.4) is 0 Å². The van der Waals surface area contributed by atoms with Crippen LogP contribution in [0.1, 0.15) is 22.6 Å². The molecule has 1 heterocycles. The molecular weight excluding hydrogens is 725 g/mol. The molecule has 11 aromatic rings. The largest absolute Gasteiger partial charge is 0.456 e. The zero-order valence-electron chi connectivity index (χ0n) is 33.0. The van der Waals surface area contributed by atoms with E-state index < -0.39 is 0 Å². The molecule has 0 saturated carbocycles. The van der Waals surface area contributed by atoms with Gasteiger partial charge in [0.25, 0.3) is 0 Å². The molecule has 0 aliphatic carbocycles. The molecule has 0 spiro atoms. The molecule has 60 heavy (non-hydrogen) atoms. The highest BCUT2D eigenvalue weighted by Gasteiger charge is 2.19. The summed E-state index contributed by atoms with van der Waals surface area (Å²) < 4.78 is 6.12. The summed E-state index contributed by atoms with van der Waals surface area (Å²) in [5.74, 6) is 0.0492. The molecule has 1 heteroatoms. The molecule has 0 saturated heterocycles. The summed E-state index contributed by atoms with van der Waals surface area (Å²) in [5.41, 5.74) is 17.7. The van der Waals surface area contributed by atoms with E-state index in [1.807, 2.05) is 12.1 Å². The maximum atomic E-state index is 6.12. The van der Waals surface area contributed by atoms with Gasteiger partial charge >= 0.3 is 0 Å². The molecule has 1 aromatic heterocycles. The standard InChI is InChI=1S/C59H40O/c1-2-11-40(12-3-1)48-15-8-16-49(37-48)41-23-29-45(30-24-41)59(47-33-27-44(28-34-47)54-21-10-14-43-13-4-5-19-53(43)54)46-31-25-42(26-32-46)50-17-9-18-51(38-50)52-35-36-58-56(39-52)55-20-6-7-22-57(55)60-58/h1-39,59H. The Hall–Kier alpha value is -7.74. The van der Waals surface area contributed by atoms with Crippen molar-refractivity contribution in [3.63, 3.8) is 0 Å². The number of fused-ring (bicyclic) bond motifs is 4. The van der Waals surface area contributed by atoms with Gasteiger partial charge in [-0.1, -0.05) is 206 Å². The zero-order valence-corrected chi connectivity index (χ0v) is 33.0. The van der Waals surface area contributed by atoms with Gasteiger partial charge in [-0.25, -0.2) is 0 Å². The average molecular weight is 765 g/mol. The second-order valence-corrected chi connectivity index (χ2v) is 15.7. The Morgan fingerprint density at radius 3 is 1.30 bits per heavy atom. The fraction of sp³-hybridized carbons (Fsp3) is 0.0169. The minimum atomic E-state index is 0.0492.